The molecule has 1 aliphatic carbocycles. The summed E-state index contributed by atoms with van der Waals surface area (Å²) in [5.41, 5.74) is 7.15. The Bertz CT molecular complexity index is 582. The van der Waals surface area contributed by atoms with Crippen LogP contribution in [0.3, 0.4) is 0 Å². The third-order valence-electron chi connectivity index (χ3n) is 3.96. The topological polar surface area (TPSA) is 38.0 Å². The summed E-state index contributed by atoms with van der Waals surface area (Å²) in [4.78, 5) is 0. The van der Waals surface area contributed by atoms with Gasteiger partial charge in [0.2, 0.25) is 0 Å². The van der Waals surface area contributed by atoms with Crippen molar-refractivity contribution in [1.29, 1.82) is 0 Å². The molecule has 0 amide bonds. The number of rotatable bonds is 4. The molecule has 0 saturated carbocycles. The molecule has 0 aromatic heterocycles. The van der Waals surface area contributed by atoms with E-state index in [9.17, 15) is 0 Å². The molecule has 0 heterocycles. The molecule has 0 fully saturated rings. The lowest BCUT2D eigenvalue weighted by molar-refractivity contribution is 0.434. The van der Waals surface area contributed by atoms with Gasteiger partial charge in [0.05, 0.1) is 0 Å². The lowest BCUT2D eigenvalue weighted by atomic mass is 9.74. The molecule has 2 aromatic rings. The summed E-state index contributed by atoms with van der Waals surface area (Å²) in [6, 6.07) is 17.1. The molecule has 0 radical (unpaired) electrons. The standard InChI is InChI=1S/C16H17BrN2/c17-15-8-4-3-7-14(15)16(19-18)10-12-9-11-5-1-2-6-13(11)12/h1-8,12,16,19H,9-10,18H2. The van der Waals surface area contributed by atoms with E-state index in [2.05, 4.69) is 63.8 Å². The molecule has 3 rings (SSSR count). The fraction of sp³-hybridized carbons (Fsp3) is 0.250. The van der Waals surface area contributed by atoms with Crippen LogP contribution in [0.2, 0.25) is 0 Å². The minimum Gasteiger partial charge on any atom is -0.271 e. The number of hydrogen-bond donors (Lipinski definition) is 2. The fourth-order valence-corrected chi connectivity index (χ4v) is 3.46. The van der Waals surface area contributed by atoms with E-state index in [1.807, 2.05) is 6.07 Å². The van der Waals surface area contributed by atoms with Crippen LogP contribution in [0.15, 0.2) is 53.0 Å². The van der Waals surface area contributed by atoms with E-state index < -0.39 is 0 Å². The van der Waals surface area contributed by atoms with Crippen molar-refractivity contribution in [3.8, 4) is 0 Å². The Hall–Kier alpha value is -1.16. The largest absolute Gasteiger partial charge is 0.271 e. The van der Waals surface area contributed by atoms with E-state index in [1.165, 1.54) is 23.1 Å². The fourth-order valence-electron chi connectivity index (χ4n) is 2.90. The quantitative estimate of drug-likeness (QED) is 0.667. The monoisotopic (exact) mass is 316 g/mol. The van der Waals surface area contributed by atoms with Crippen molar-refractivity contribution in [3.05, 3.63) is 69.7 Å². The van der Waals surface area contributed by atoms with Gasteiger partial charge in [-0.3, -0.25) is 11.3 Å². The highest BCUT2D eigenvalue weighted by Crippen LogP contribution is 2.41. The maximum Gasteiger partial charge on any atom is 0.0477 e. The molecule has 2 atom stereocenters. The molecule has 0 bridgehead atoms. The van der Waals surface area contributed by atoms with Crippen LogP contribution in [0.5, 0.6) is 0 Å². The van der Waals surface area contributed by atoms with Crippen LogP contribution in [0.4, 0.5) is 0 Å². The van der Waals surface area contributed by atoms with Crippen LogP contribution < -0.4 is 11.3 Å². The zero-order chi connectivity index (χ0) is 13.2. The predicted molar refractivity (Wildman–Crippen MR) is 81.7 cm³/mol. The summed E-state index contributed by atoms with van der Waals surface area (Å²) in [7, 11) is 0. The second-order valence-electron chi connectivity index (χ2n) is 5.08. The summed E-state index contributed by atoms with van der Waals surface area (Å²) in [6.45, 7) is 0. The number of nitrogens with one attached hydrogen (secondary N) is 1. The van der Waals surface area contributed by atoms with E-state index in [-0.39, 0.29) is 6.04 Å². The summed E-state index contributed by atoms with van der Waals surface area (Å²) in [5.74, 6) is 6.37. The lowest BCUT2D eigenvalue weighted by Gasteiger charge is -2.33. The first-order valence-corrected chi connectivity index (χ1v) is 7.37. The number of halogens is 1. The Morgan fingerprint density at radius 3 is 2.63 bits per heavy atom. The predicted octanol–water partition coefficient (Wildman–Crippen LogP) is 3.68. The lowest BCUT2D eigenvalue weighted by Crippen LogP contribution is -2.31. The smallest absolute Gasteiger partial charge is 0.0477 e. The van der Waals surface area contributed by atoms with Gasteiger partial charge in [0.25, 0.3) is 0 Å². The summed E-state index contributed by atoms with van der Waals surface area (Å²) in [6.07, 6.45) is 2.20. The Kier molecular flexibility index (Phi) is 3.69. The number of hydrogen-bond acceptors (Lipinski definition) is 2. The average Bonchev–Trinajstić information content (AvgIpc) is 2.42. The number of benzene rings is 2. The molecule has 3 N–H and O–H groups in total. The zero-order valence-corrected chi connectivity index (χ0v) is 12.2. The van der Waals surface area contributed by atoms with Gasteiger partial charge < -0.3 is 0 Å². The molecule has 0 saturated heterocycles. The van der Waals surface area contributed by atoms with Gasteiger partial charge in [-0.15, -0.1) is 0 Å². The van der Waals surface area contributed by atoms with Gasteiger partial charge in [-0.2, -0.15) is 0 Å². The highest BCUT2D eigenvalue weighted by molar-refractivity contribution is 9.10. The van der Waals surface area contributed by atoms with Crippen molar-refractivity contribution < 1.29 is 0 Å². The van der Waals surface area contributed by atoms with Crippen LogP contribution in [-0.4, -0.2) is 0 Å². The van der Waals surface area contributed by atoms with Crippen molar-refractivity contribution in [2.24, 2.45) is 5.84 Å². The Labute approximate surface area is 122 Å². The Balaban J connectivity index is 1.78. The van der Waals surface area contributed by atoms with E-state index in [4.69, 9.17) is 5.84 Å². The Morgan fingerprint density at radius 2 is 1.89 bits per heavy atom. The second-order valence-corrected chi connectivity index (χ2v) is 5.93. The van der Waals surface area contributed by atoms with Gasteiger partial charge in [0.15, 0.2) is 0 Å². The van der Waals surface area contributed by atoms with E-state index in [0.717, 1.165) is 10.9 Å². The number of nitrogens with two attached hydrogens (primary N) is 1. The number of hydrazine groups is 1. The molecular weight excluding hydrogens is 300 g/mol. The van der Waals surface area contributed by atoms with Crippen LogP contribution >= 0.6 is 15.9 Å². The third-order valence-corrected chi connectivity index (χ3v) is 4.69. The van der Waals surface area contributed by atoms with Gasteiger partial charge >= 0.3 is 0 Å². The summed E-state index contributed by atoms with van der Waals surface area (Å²) < 4.78 is 1.12. The molecule has 2 unspecified atom stereocenters. The highest BCUT2D eigenvalue weighted by Gasteiger charge is 2.28. The van der Waals surface area contributed by atoms with Crippen molar-refractivity contribution >= 4 is 15.9 Å². The van der Waals surface area contributed by atoms with Gasteiger partial charge in [-0.25, -0.2) is 0 Å². The van der Waals surface area contributed by atoms with E-state index in [0.29, 0.717) is 5.92 Å². The summed E-state index contributed by atoms with van der Waals surface area (Å²) >= 11 is 3.60. The van der Waals surface area contributed by atoms with Gasteiger partial charge in [0.1, 0.15) is 0 Å². The zero-order valence-electron chi connectivity index (χ0n) is 10.6. The first-order valence-electron chi connectivity index (χ1n) is 6.58. The first-order chi connectivity index (χ1) is 9.29. The Morgan fingerprint density at radius 1 is 1.16 bits per heavy atom. The normalized spacial score (nSPS) is 18.5. The van der Waals surface area contributed by atoms with Crippen LogP contribution in [0, 0.1) is 0 Å². The molecule has 19 heavy (non-hydrogen) atoms. The van der Waals surface area contributed by atoms with Gasteiger partial charge in [-0.1, -0.05) is 58.4 Å². The van der Waals surface area contributed by atoms with Gasteiger partial charge in [0, 0.05) is 10.5 Å². The molecule has 0 aliphatic heterocycles. The maximum atomic E-state index is 5.75. The van der Waals surface area contributed by atoms with Crippen molar-refractivity contribution in [1.82, 2.24) is 5.43 Å². The molecular formula is C16H17BrN2. The van der Waals surface area contributed by atoms with E-state index in [1.54, 1.807) is 0 Å². The van der Waals surface area contributed by atoms with Crippen molar-refractivity contribution in [2.75, 3.05) is 0 Å². The molecule has 1 aliphatic rings. The average molecular weight is 317 g/mol. The molecule has 0 spiro atoms. The van der Waals surface area contributed by atoms with E-state index >= 15 is 0 Å². The summed E-state index contributed by atoms with van der Waals surface area (Å²) in [5, 5.41) is 0. The van der Waals surface area contributed by atoms with Gasteiger partial charge in [-0.05, 0) is 41.5 Å². The number of fused-ring (bicyclic) bond motifs is 1. The maximum absolute atomic E-state index is 5.75. The second kappa shape index (κ2) is 5.45. The molecule has 2 aromatic carbocycles. The minimum atomic E-state index is 0.189. The van der Waals surface area contributed by atoms with Crippen LogP contribution in [0.25, 0.3) is 0 Å². The first kappa shape index (κ1) is 12.9. The SMILES string of the molecule is NNC(CC1Cc2ccccc21)c1ccccc1Br. The minimum absolute atomic E-state index is 0.189. The molecule has 3 heteroatoms. The van der Waals surface area contributed by atoms with Crippen molar-refractivity contribution in [3.63, 3.8) is 0 Å². The molecule has 2 nitrogen and oxygen atoms in total. The van der Waals surface area contributed by atoms with Crippen LogP contribution in [-0.2, 0) is 6.42 Å². The highest BCUT2D eigenvalue weighted by atomic mass is 79.9. The third kappa shape index (κ3) is 2.46. The van der Waals surface area contributed by atoms with Crippen LogP contribution in [0.1, 0.15) is 35.1 Å². The molecule has 98 valence electrons. The van der Waals surface area contributed by atoms with Crippen molar-refractivity contribution in [2.45, 2.75) is 24.8 Å².